The van der Waals surface area contributed by atoms with Crippen LogP contribution in [0.1, 0.15) is 89.0 Å². The Bertz CT molecular complexity index is 8550. The van der Waals surface area contributed by atoms with Gasteiger partial charge in [0.15, 0.2) is 43.4 Å². The summed E-state index contributed by atoms with van der Waals surface area (Å²) in [6, 6.07) is 121. The molecule has 8 aromatic carbocycles. The number of benzene rings is 8. The van der Waals surface area contributed by atoms with E-state index >= 15 is 0 Å². The Hall–Kier alpha value is -16.4. The standard InChI is InChI=1S/C28H28N2.C26H26N3.2C26H24N2.C25H24N3/c1-18-14-19(2)20(3)24(15-18)26-17-22-16-21-10-6-7-11-23(21)27(22)28(30(26)5)25-12-8-9-13-29(25)4;1-18-12-14-28(3)24(15-18)25-17-21-20-10-6-5-9-19(20)16-22(21)26(29(25)4)23-11-7-8-13-27(23)2;1-18-10-4-6-12-21(18)24-17-20-16-19-11-5-7-13-22(19)25(20)26(28(24)3)23-14-8-9-15-27(23)2;1-18-9-4-6-11-21(18)23-13-8-14-24(28(23)3)26-25-20(15-16-27(26)2)17-19-10-5-7-12-22(19)25;1-26-14-8-6-12-22(26)24-17-20-19-11-5-4-10-18(19)16-21(20)25(28(24)3)23-13-7-9-15-27(23)2/h6-15,17H,16H2,1-5H3;5-15,17H,16H2,1-4H3;4-15,17H,16H2,1-3H3;4-16H,17H2,1-3H3;4-15,17H,16H2,1-3H3/q+2;+3;2*+2;+3. The molecule has 0 amide bonds. The van der Waals surface area contributed by atoms with Crippen molar-refractivity contribution in [2.75, 3.05) is 0 Å². The second-order valence-corrected chi connectivity index (χ2v) is 39.6. The maximum atomic E-state index is 2.42. The predicted molar refractivity (Wildman–Crippen MR) is 570 cm³/mol. The van der Waals surface area contributed by atoms with Crippen molar-refractivity contribution in [2.45, 2.75) is 73.6 Å². The number of nitrogens with zero attached hydrogens (tertiary/aromatic N) is 12. The summed E-state index contributed by atoms with van der Waals surface area (Å²) in [5.74, 6) is 0. The third kappa shape index (κ3) is 17.0. The maximum absolute atomic E-state index is 2.42. The Balaban J connectivity index is 0.000000106. The summed E-state index contributed by atoms with van der Waals surface area (Å²) in [5, 5.41) is 0. The molecule has 0 atom stereocenters. The monoisotopic (exact) mass is 1870 g/mol. The fourth-order valence-electron chi connectivity index (χ4n) is 23.1. The molecule has 0 N–H and O–H groups in total. The zero-order valence-electron chi connectivity index (χ0n) is 85.7. The first-order valence-electron chi connectivity index (χ1n) is 50.0. The van der Waals surface area contributed by atoms with Crippen LogP contribution in [0.4, 0.5) is 0 Å². The number of hydrogen-bond acceptors (Lipinski definition) is 0. The highest BCUT2D eigenvalue weighted by Gasteiger charge is 2.43. The lowest BCUT2D eigenvalue weighted by atomic mass is 9.94. The molecule has 0 unspecified atom stereocenters. The Morgan fingerprint density at radius 1 is 0.161 bits per heavy atom. The third-order valence-electron chi connectivity index (χ3n) is 30.5. The van der Waals surface area contributed by atoms with Crippen molar-refractivity contribution >= 4 is 0 Å². The van der Waals surface area contributed by atoms with E-state index in [1.54, 1.807) is 0 Å². The molecule has 0 radical (unpaired) electrons. The van der Waals surface area contributed by atoms with Crippen molar-refractivity contribution in [1.82, 2.24) is 0 Å². The van der Waals surface area contributed by atoms with Crippen molar-refractivity contribution in [3.8, 4) is 169 Å². The molecule has 12 aromatic heterocycles. The third-order valence-corrected chi connectivity index (χ3v) is 30.5. The molecule has 25 rings (SSSR count). The van der Waals surface area contributed by atoms with Crippen LogP contribution in [0.3, 0.4) is 0 Å². The van der Waals surface area contributed by atoms with Crippen LogP contribution in [0.2, 0.25) is 0 Å². The van der Waals surface area contributed by atoms with Gasteiger partial charge >= 0.3 is 0 Å². The Morgan fingerprint density at radius 3 is 0.930 bits per heavy atom. The lowest BCUT2D eigenvalue weighted by Gasteiger charge is -2.13. The number of aryl methyl sites for hydroxylation is 12. The molecule has 12 heteroatoms. The van der Waals surface area contributed by atoms with E-state index in [1.807, 2.05) is 0 Å². The van der Waals surface area contributed by atoms with E-state index in [0.717, 1.165) is 32.1 Å². The highest BCUT2D eigenvalue weighted by Crippen LogP contribution is 2.48. The molecule has 0 fully saturated rings. The van der Waals surface area contributed by atoms with Crippen molar-refractivity contribution in [1.29, 1.82) is 0 Å². The zero-order valence-corrected chi connectivity index (χ0v) is 85.7. The van der Waals surface area contributed by atoms with Gasteiger partial charge in [-0.15, -0.1) is 0 Å². The molecule has 698 valence electrons. The van der Waals surface area contributed by atoms with Crippen LogP contribution in [-0.2, 0) is 117 Å². The normalized spacial score (nSPS) is 12.0. The van der Waals surface area contributed by atoms with Crippen molar-refractivity contribution < 1.29 is 54.8 Å². The van der Waals surface area contributed by atoms with Gasteiger partial charge in [-0.25, -0.2) is 0 Å². The minimum absolute atomic E-state index is 0.976. The minimum Gasteiger partial charge on any atom is -0.196 e. The lowest BCUT2D eigenvalue weighted by molar-refractivity contribution is -0.697. The highest BCUT2D eigenvalue weighted by molar-refractivity contribution is 5.91. The fraction of sp³-hybridized carbons (Fsp3) is 0.176. The quantitative estimate of drug-likeness (QED) is 0.123. The van der Waals surface area contributed by atoms with Gasteiger partial charge in [-0.1, -0.05) is 169 Å². The van der Waals surface area contributed by atoms with Gasteiger partial charge in [0.2, 0.25) is 17.1 Å². The van der Waals surface area contributed by atoms with Crippen LogP contribution in [0.25, 0.3) is 169 Å². The predicted octanol–water partition coefficient (Wildman–Crippen LogP) is 20.7. The average molecular weight is 1870 g/mol. The van der Waals surface area contributed by atoms with Gasteiger partial charge in [0, 0.05) is 156 Å². The Labute approximate surface area is 842 Å². The number of aromatic nitrogens is 12. The van der Waals surface area contributed by atoms with Crippen molar-refractivity contribution in [2.24, 2.45) is 84.6 Å². The molecule has 5 aliphatic rings. The number of fused-ring (bicyclic) bond motifs is 15. The second-order valence-electron chi connectivity index (χ2n) is 39.6. The van der Waals surface area contributed by atoms with E-state index in [-0.39, 0.29) is 0 Å². The molecular weight excluding hydrogens is 1740 g/mol. The second kappa shape index (κ2) is 38.6. The SMILES string of the molecule is C[n+]1ccccc1-c1cc2c(c(-c3cccc[n+]3C)[n+]1C)Cc1ccccc1-2.Cc1cc(C)c(C)c(-c2cc3c(c(-c4cccc[n+]4C)[n+]2C)-c2ccccc2C3)c1.Cc1cc[n+](C)c(-c2cc3c(c(-c4cccc[n+]4C)[n+]2C)Cc2ccccc2-3)c1.Cc1ccccc1-c1cc2c(c(-c3cccc[n+]3C)[n+]1C)-c1ccccc1C2.Cc1ccccc1-c1cccc(-c2c3c(cc[n+]2C)Cc2ccccc2-3)[n+]1C. The molecule has 0 bridgehead atoms. The van der Waals surface area contributed by atoms with Gasteiger partial charge in [0.25, 0.3) is 79.7 Å². The van der Waals surface area contributed by atoms with Gasteiger partial charge in [0.05, 0.1) is 16.7 Å². The fourth-order valence-corrected chi connectivity index (χ4v) is 23.1. The maximum Gasteiger partial charge on any atom is 0.285 e. The zero-order chi connectivity index (χ0) is 98.9. The molecular formula is C131H126N12+12. The largest absolute Gasteiger partial charge is 0.285 e. The molecule has 5 aliphatic carbocycles. The van der Waals surface area contributed by atoms with Gasteiger partial charge in [-0.05, 0) is 227 Å². The molecule has 0 spiro atoms. The smallest absolute Gasteiger partial charge is 0.196 e. The van der Waals surface area contributed by atoms with E-state index in [9.17, 15) is 0 Å². The van der Waals surface area contributed by atoms with Gasteiger partial charge < -0.3 is 0 Å². The first kappa shape index (κ1) is 92.9. The van der Waals surface area contributed by atoms with E-state index in [2.05, 4.69) is 558 Å². The van der Waals surface area contributed by atoms with Crippen molar-refractivity contribution in [3.05, 3.63) is 466 Å². The summed E-state index contributed by atoms with van der Waals surface area (Å²) < 4.78 is 27.4. The summed E-state index contributed by atoms with van der Waals surface area (Å²) in [4.78, 5) is 0. The first-order valence-corrected chi connectivity index (χ1v) is 50.0. The first-order chi connectivity index (χ1) is 69.4. The molecule has 0 saturated heterocycles. The summed E-state index contributed by atoms with van der Waals surface area (Å²) in [6.07, 6.45) is 19.9. The van der Waals surface area contributed by atoms with Gasteiger partial charge in [-0.3, -0.25) is 0 Å². The molecule has 12 nitrogen and oxygen atoms in total. The summed E-state index contributed by atoms with van der Waals surface area (Å²) in [6.45, 7) is 13.2. The molecule has 0 saturated carbocycles. The summed E-state index contributed by atoms with van der Waals surface area (Å²) in [5.41, 5.74) is 60.8. The number of rotatable bonds is 10. The Morgan fingerprint density at radius 2 is 0.490 bits per heavy atom. The van der Waals surface area contributed by atoms with E-state index < -0.39 is 0 Å². The summed E-state index contributed by atoms with van der Waals surface area (Å²) >= 11 is 0. The average Bonchev–Trinajstić information content (AvgIpc) is 1.54. The van der Waals surface area contributed by atoms with Crippen LogP contribution >= 0.6 is 0 Å². The van der Waals surface area contributed by atoms with Crippen molar-refractivity contribution in [3.63, 3.8) is 0 Å². The van der Waals surface area contributed by atoms with E-state index in [0.29, 0.717) is 0 Å². The van der Waals surface area contributed by atoms with Crippen LogP contribution < -0.4 is 54.8 Å². The topological polar surface area (TPSA) is 46.6 Å². The minimum atomic E-state index is 0.976. The summed E-state index contributed by atoms with van der Waals surface area (Å²) in [7, 11) is 25.9. The molecule has 20 aromatic rings. The van der Waals surface area contributed by atoms with E-state index in [4.69, 9.17) is 0 Å². The van der Waals surface area contributed by atoms with Gasteiger partial charge in [0.1, 0.15) is 84.6 Å². The lowest BCUT2D eigenvalue weighted by Crippen LogP contribution is -2.43. The van der Waals surface area contributed by atoms with Crippen LogP contribution in [0.5, 0.6) is 0 Å². The van der Waals surface area contributed by atoms with Crippen LogP contribution in [0, 0.1) is 41.5 Å². The Kier molecular flexibility index (Phi) is 25.1. The molecule has 0 aliphatic heterocycles. The highest BCUT2D eigenvalue weighted by atomic mass is 15.1. The van der Waals surface area contributed by atoms with E-state index in [1.165, 1.54) is 258 Å². The molecule has 143 heavy (non-hydrogen) atoms. The number of hydrogen-bond donors (Lipinski definition) is 0. The molecule has 12 heterocycles. The van der Waals surface area contributed by atoms with Crippen LogP contribution in [-0.4, -0.2) is 0 Å². The number of pyridine rings is 12. The van der Waals surface area contributed by atoms with Crippen LogP contribution in [0.15, 0.2) is 377 Å². The van der Waals surface area contributed by atoms with Gasteiger partial charge in [-0.2, -0.15) is 54.8 Å².